The number of quaternary nitrogens is 3. The molecule has 0 saturated carbocycles. The van der Waals surface area contributed by atoms with Gasteiger partial charge in [0.15, 0.2) is 0 Å². The van der Waals surface area contributed by atoms with Gasteiger partial charge in [0.25, 0.3) is 0 Å². The summed E-state index contributed by atoms with van der Waals surface area (Å²) in [5.41, 5.74) is 14.8. The summed E-state index contributed by atoms with van der Waals surface area (Å²) in [4.78, 5) is 76.9. The fraction of sp³-hybridized carbons (Fsp3) is 0.226. The molecule has 0 N–H and O–H groups in total. The Bertz CT molecular complexity index is 3970. The van der Waals surface area contributed by atoms with Crippen molar-refractivity contribution >= 4 is 7.32 Å². The van der Waals surface area contributed by atoms with Gasteiger partial charge in [0.05, 0.1) is 0 Å². The first kappa shape index (κ1) is 84.1. The maximum absolute atomic E-state index is 8.42. The Balaban J connectivity index is 0.000000188. The van der Waals surface area contributed by atoms with Crippen molar-refractivity contribution in [2.24, 2.45) is 0 Å². The largest absolute Gasteiger partial charge is 0.907 e. The van der Waals surface area contributed by atoms with Crippen LogP contribution in [-0.2, 0) is 57.8 Å². The highest BCUT2D eigenvalue weighted by Gasteiger charge is 2.49. The van der Waals surface area contributed by atoms with Crippen molar-refractivity contribution in [2.75, 3.05) is 0 Å². The number of hydrogen-bond donors (Lipinski definition) is 0. The third-order valence-corrected chi connectivity index (χ3v) is 18.2. The summed E-state index contributed by atoms with van der Waals surface area (Å²) >= 11 is 0. The zero-order valence-electron chi connectivity index (χ0n) is 66.1. The second-order valence-corrected chi connectivity index (χ2v) is 25.6. The smallest absolute Gasteiger partial charge is 0.428 e. The van der Waals surface area contributed by atoms with Crippen molar-refractivity contribution in [3.05, 3.63) is 358 Å². The van der Waals surface area contributed by atoms with E-state index in [9.17, 15) is 0 Å². The summed E-state index contributed by atoms with van der Waals surface area (Å²) in [5.74, 6) is 6.67. The highest BCUT2D eigenvalue weighted by atomic mass is 17.4. The molecule has 112 heavy (non-hydrogen) atoms. The van der Waals surface area contributed by atoms with Gasteiger partial charge in [0.2, 0.25) is 69.0 Å². The molecule has 0 amide bonds. The molecule has 19 heteroatoms. The van der Waals surface area contributed by atoms with E-state index in [1.165, 1.54) is 50.1 Å². The van der Waals surface area contributed by atoms with Crippen molar-refractivity contribution < 1.29 is 88.5 Å². The predicted octanol–water partition coefficient (Wildman–Crippen LogP) is 19.4. The minimum absolute atomic E-state index is 0.527. The zero-order valence-corrected chi connectivity index (χ0v) is 66.1. The second-order valence-electron chi connectivity index (χ2n) is 25.6. The van der Waals surface area contributed by atoms with Gasteiger partial charge < -0.3 is 15.1 Å². The van der Waals surface area contributed by atoms with Crippen LogP contribution in [0.2, 0.25) is 0 Å². The van der Waals surface area contributed by atoms with Crippen LogP contribution in [0.15, 0.2) is 291 Å². The Labute approximate surface area is 660 Å². The highest BCUT2D eigenvalue weighted by molar-refractivity contribution is 6.24. The molecule has 0 bridgehead atoms. The summed E-state index contributed by atoms with van der Waals surface area (Å²) in [6.45, 7) is 25.8. The van der Waals surface area contributed by atoms with Gasteiger partial charge in [-0.15, -0.1) is 0 Å². The zero-order chi connectivity index (χ0) is 79.7. The lowest BCUT2D eigenvalue weighted by atomic mass is 9.91. The van der Waals surface area contributed by atoms with Crippen LogP contribution in [0.3, 0.4) is 0 Å². The molecule has 0 radical (unpaired) electrons. The molecule has 0 fully saturated rings. The molecule has 0 heterocycles. The van der Waals surface area contributed by atoms with Gasteiger partial charge in [-0.05, 0) is 256 Å². The van der Waals surface area contributed by atoms with Gasteiger partial charge in [0.1, 0.15) is 0 Å². The van der Waals surface area contributed by atoms with E-state index in [0.717, 1.165) is 74.5 Å². The lowest BCUT2D eigenvalue weighted by Crippen LogP contribution is -2.59. The first-order valence-electron chi connectivity index (χ1n) is 38.3. The van der Waals surface area contributed by atoms with Crippen LogP contribution >= 0.6 is 0 Å². The summed E-state index contributed by atoms with van der Waals surface area (Å²) in [6.07, 6.45) is 8.29. The topological polar surface area (TPSA) is 180 Å². The van der Waals surface area contributed by atoms with Crippen molar-refractivity contribution in [3.63, 3.8) is 0 Å². The molecular weight excluding hydrogens is 1410 g/mol. The van der Waals surface area contributed by atoms with Crippen LogP contribution in [0, 0.1) is 20.8 Å². The van der Waals surface area contributed by atoms with Crippen LogP contribution < -0.4 is 73.1 Å². The normalized spacial score (nSPS) is 11.0. The average molecular weight is 1510 g/mol. The highest BCUT2D eigenvalue weighted by Crippen LogP contribution is 2.39. The van der Waals surface area contributed by atoms with Gasteiger partial charge in [0, 0.05) is 16.7 Å². The lowest BCUT2D eigenvalue weighted by Gasteiger charge is -2.35. The van der Waals surface area contributed by atoms with Crippen LogP contribution in [0.4, 0.5) is 0 Å². The molecule has 0 unspecified atom stereocenters. The summed E-state index contributed by atoms with van der Waals surface area (Å²) in [5, 5.41) is 22.2. The molecular formula is C93H102BN3O15. The monoisotopic (exact) mass is 1510 g/mol. The van der Waals surface area contributed by atoms with Crippen LogP contribution in [0.1, 0.15) is 129 Å². The molecule has 0 aliphatic heterocycles. The lowest BCUT2D eigenvalue weighted by molar-refractivity contribution is -1.41. The molecule has 582 valence electrons. The minimum Gasteiger partial charge on any atom is -0.907 e. The van der Waals surface area contributed by atoms with Crippen molar-refractivity contribution in [3.8, 4) is 69.0 Å². The number of nitrogens with zero attached hydrogens (tertiary/aromatic N) is 3. The van der Waals surface area contributed by atoms with Gasteiger partial charge >= 0.3 is 15.4 Å². The Morgan fingerprint density at radius 3 is 0.455 bits per heavy atom. The van der Waals surface area contributed by atoms with E-state index in [4.69, 9.17) is 73.1 Å². The number of hydrogen-bond acceptors (Lipinski definition) is 15. The van der Waals surface area contributed by atoms with E-state index >= 15 is 0 Å². The van der Waals surface area contributed by atoms with Crippen LogP contribution in [0.25, 0.3) is 0 Å². The molecule has 0 aromatic heterocycles. The summed E-state index contributed by atoms with van der Waals surface area (Å²) in [7, 11) is -2.92. The number of benzene rings is 12. The standard InChI is InChI=1S/3C31H34NO4.BO3/c3*1-5-25-23-31(24(4)29(6-2)30(25)7-3)36-32(33-26-17-11-8-12-18-26,34-27-19-13-9-14-20-27)35-28-21-15-10-16-22-28;2-1(3)4/h3*8-23H,5-7H2,1-4H3;/q3*+1;-3. The van der Waals surface area contributed by atoms with E-state index in [1.54, 1.807) is 0 Å². The summed E-state index contributed by atoms with van der Waals surface area (Å²) < 4.78 is 0. The van der Waals surface area contributed by atoms with Gasteiger partial charge in [-0.25, -0.2) is 0 Å². The SMILES string of the molecule is CCc1cc(O[N+](Oc2ccccc2)(Oc2ccccc2)Oc2ccccc2)c(C)c(CC)c1CC.CCc1cc(O[N+](Oc2ccccc2)(Oc2ccccc2)Oc2ccccc2)c(C)c(CC)c1CC.CCc1cc(O[N+](Oc2ccccc2)(Oc2ccccc2)Oc2ccccc2)c(C)c(CC)c1CC.[O-]B([O-])[O-]. The van der Waals surface area contributed by atoms with Gasteiger partial charge in [-0.1, -0.05) is 226 Å². The maximum Gasteiger partial charge on any atom is 0.428 e. The van der Waals surface area contributed by atoms with Crippen molar-refractivity contribution in [1.82, 2.24) is 0 Å². The minimum atomic E-state index is -2.92. The summed E-state index contributed by atoms with van der Waals surface area (Å²) in [6, 6.07) is 90.6. The number of aryl methyl sites for hydroxylation is 3. The Hall–Kier alpha value is -11.9. The molecule has 0 atom stereocenters. The van der Waals surface area contributed by atoms with E-state index in [2.05, 4.69) is 101 Å². The van der Waals surface area contributed by atoms with E-state index in [1.807, 2.05) is 273 Å². The van der Waals surface area contributed by atoms with Gasteiger partial charge in [-0.2, -0.15) is 58.1 Å². The quantitative estimate of drug-likeness (QED) is 0.0215. The van der Waals surface area contributed by atoms with Crippen LogP contribution in [-0.4, -0.2) is 22.7 Å². The third-order valence-electron chi connectivity index (χ3n) is 18.2. The van der Waals surface area contributed by atoms with E-state index < -0.39 is 22.7 Å². The molecule has 0 saturated heterocycles. The molecule has 12 aromatic carbocycles. The van der Waals surface area contributed by atoms with Crippen molar-refractivity contribution in [2.45, 2.75) is 141 Å². The second kappa shape index (κ2) is 42.3. The molecule has 0 aliphatic rings. The Morgan fingerprint density at radius 1 is 0.205 bits per heavy atom. The molecule has 0 aliphatic carbocycles. The van der Waals surface area contributed by atoms with Crippen molar-refractivity contribution in [1.29, 1.82) is 0 Å². The predicted molar refractivity (Wildman–Crippen MR) is 430 cm³/mol. The number of para-hydroxylation sites is 9. The van der Waals surface area contributed by atoms with E-state index in [0.29, 0.717) is 69.0 Å². The van der Waals surface area contributed by atoms with E-state index in [-0.39, 0.29) is 0 Å². The van der Waals surface area contributed by atoms with Gasteiger partial charge in [-0.3, -0.25) is 7.32 Å². The average Bonchev–Trinajstić information content (AvgIpc) is 0.788. The fourth-order valence-corrected chi connectivity index (χ4v) is 12.9. The fourth-order valence-electron chi connectivity index (χ4n) is 12.9. The van der Waals surface area contributed by atoms with Crippen LogP contribution in [0.5, 0.6) is 69.0 Å². The molecule has 12 rings (SSSR count). The molecule has 12 aromatic rings. The first-order valence-corrected chi connectivity index (χ1v) is 38.3. The maximum atomic E-state index is 8.42. The first-order chi connectivity index (χ1) is 54.4. The Morgan fingerprint density at radius 2 is 0.339 bits per heavy atom. The number of rotatable bonds is 33. The molecule has 18 nitrogen and oxygen atoms in total. The molecule has 0 spiro atoms. The Kier molecular flexibility index (Phi) is 31.8. The third kappa shape index (κ3) is 23.6.